The molecule has 0 radical (unpaired) electrons. The van der Waals surface area contributed by atoms with Crippen molar-refractivity contribution in [2.24, 2.45) is 0 Å². The van der Waals surface area contributed by atoms with Gasteiger partial charge in [0.1, 0.15) is 5.75 Å². The van der Waals surface area contributed by atoms with Crippen LogP contribution in [0.1, 0.15) is 0 Å². The molecule has 0 spiro atoms. The van der Waals surface area contributed by atoms with Crippen LogP contribution in [0.2, 0.25) is 0 Å². The van der Waals surface area contributed by atoms with Crippen molar-refractivity contribution >= 4 is 10.8 Å². The first-order valence-corrected chi connectivity index (χ1v) is 5.66. The Balaban J connectivity index is 2.37. The van der Waals surface area contributed by atoms with Crippen molar-refractivity contribution in [2.45, 2.75) is 0 Å². The van der Waals surface area contributed by atoms with Gasteiger partial charge in [-0.25, -0.2) is 0 Å². The molecular formula is C15H11NO2. The molecule has 18 heavy (non-hydrogen) atoms. The van der Waals surface area contributed by atoms with Crippen LogP contribution in [0.4, 0.5) is 0 Å². The van der Waals surface area contributed by atoms with E-state index in [1.54, 1.807) is 24.3 Å². The van der Waals surface area contributed by atoms with Crippen molar-refractivity contribution in [1.82, 2.24) is 0 Å². The minimum absolute atomic E-state index is 0.153. The number of fused-ring (bicyclic) bond motifs is 1. The lowest BCUT2D eigenvalue weighted by Crippen LogP contribution is -2.28. The first-order chi connectivity index (χ1) is 8.75. The van der Waals surface area contributed by atoms with Crippen LogP contribution < -0.4 is 4.73 Å². The molecule has 0 fully saturated rings. The number of pyridine rings is 1. The van der Waals surface area contributed by atoms with E-state index in [2.05, 4.69) is 0 Å². The zero-order chi connectivity index (χ0) is 12.5. The summed E-state index contributed by atoms with van der Waals surface area (Å²) in [5, 5.41) is 23.4. The molecule has 0 aliphatic carbocycles. The fourth-order valence-corrected chi connectivity index (χ4v) is 2.14. The second kappa shape index (κ2) is 4.04. The predicted molar refractivity (Wildman–Crippen MR) is 70.0 cm³/mol. The summed E-state index contributed by atoms with van der Waals surface area (Å²) < 4.78 is 0.830. The summed E-state index contributed by atoms with van der Waals surface area (Å²) in [5.41, 5.74) is 1.27. The lowest BCUT2D eigenvalue weighted by atomic mass is 10.0. The van der Waals surface area contributed by atoms with E-state index in [0.717, 1.165) is 15.5 Å². The number of nitrogens with zero attached hydrogens (tertiary/aromatic N) is 1. The fraction of sp³-hybridized carbons (Fsp3) is 0. The molecule has 1 aromatic heterocycles. The van der Waals surface area contributed by atoms with E-state index in [0.29, 0.717) is 11.3 Å². The Morgan fingerprint density at radius 3 is 2.61 bits per heavy atom. The quantitative estimate of drug-likeness (QED) is 0.522. The molecule has 0 saturated carbocycles. The molecule has 0 saturated heterocycles. The number of aromatic nitrogens is 1. The Labute approximate surface area is 104 Å². The molecule has 0 aliphatic rings. The summed E-state index contributed by atoms with van der Waals surface area (Å²) in [6.45, 7) is 0. The first-order valence-electron chi connectivity index (χ1n) is 5.66. The summed E-state index contributed by atoms with van der Waals surface area (Å²) in [7, 11) is 0. The van der Waals surface area contributed by atoms with Crippen LogP contribution in [0, 0.1) is 5.21 Å². The summed E-state index contributed by atoms with van der Waals surface area (Å²) in [6.07, 6.45) is 1.49. The summed E-state index contributed by atoms with van der Waals surface area (Å²) in [4.78, 5) is 0. The Bertz CT molecular complexity index is 723. The Hall–Kier alpha value is -2.55. The minimum atomic E-state index is 0.153. The molecule has 88 valence electrons. The highest BCUT2D eigenvalue weighted by molar-refractivity contribution is 5.92. The number of benzene rings is 2. The van der Waals surface area contributed by atoms with Gasteiger partial charge in [-0.05, 0) is 29.7 Å². The van der Waals surface area contributed by atoms with E-state index in [1.165, 1.54) is 6.20 Å². The molecule has 0 bridgehead atoms. The van der Waals surface area contributed by atoms with E-state index in [4.69, 9.17) is 0 Å². The number of phenols is 1. The Kier molecular flexibility index (Phi) is 2.38. The van der Waals surface area contributed by atoms with E-state index in [-0.39, 0.29) is 5.75 Å². The van der Waals surface area contributed by atoms with Crippen molar-refractivity contribution < 1.29 is 9.84 Å². The van der Waals surface area contributed by atoms with Crippen molar-refractivity contribution in [3.63, 3.8) is 0 Å². The Morgan fingerprint density at radius 1 is 0.944 bits per heavy atom. The topological polar surface area (TPSA) is 47.2 Å². The molecule has 1 N–H and O–H groups in total. The molecule has 3 aromatic rings. The highest BCUT2D eigenvalue weighted by atomic mass is 16.5. The van der Waals surface area contributed by atoms with Crippen LogP contribution in [-0.4, -0.2) is 5.11 Å². The number of hydrogen-bond donors (Lipinski definition) is 1. The van der Waals surface area contributed by atoms with Crippen LogP contribution in [-0.2, 0) is 0 Å². The van der Waals surface area contributed by atoms with Crippen molar-refractivity contribution in [1.29, 1.82) is 0 Å². The molecule has 0 unspecified atom stereocenters. The average molecular weight is 237 g/mol. The monoisotopic (exact) mass is 237 g/mol. The third kappa shape index (κ3) is 1.66. The third-order valence-corrected chi connectivity index (χ3v) is 2.95. The third-order valence-electron chi connectivity index (χ3n) is 2.95. The maximum atomic E-state index is 12.0. The maximum Gasteiger partial charge on any atom is 0.231 e. The summed E-state index contributed by atoms with van der Waals surface area (Å²) in [5.74, 6) is 0.153. The van der Waals surface area contributed by atoms with E-state index in [9.17, 15) is 10.3 Å². The van der Waals surface area contributed by atoms with Gasteiger partial charge in [0.2, 0.25) is 5.69 Å². The van der Waals surface area contributed by atoms with Gasteiger partial charge in [-0.15, -0.1) is 0 Å². The van der Waals surface area contributed by atoms with E-state index < -0.39 is 0 Å². The van der Waals surface area contributed by atoms with E-state index in [1.807, 2.05) is 30.3 Å². The molecule has 0 amide bonds. The Morgan fingerprint density at radius 2 is 1.78 bits per heavy atom. The zero-order valence-corrected chi connectivity index (χ0v) is 9.58. The van der Waals surface area contributed by atoms with Crippen LogP contribution in [0.15, 0.2) is 60.8 Å². The fourth-order valence-electron chi connectivity index (χ4n) is 2.14. The van der Waals surface area contributed by atoms with Gasteiger partial charge in [0.25, 0.3) is 0 Å². The van der Waals surface area contributed by atoms with Gasteiger partial charge in [0.15, 0.2) is 6.20 Å². The number of phenolic OH excluding ortho intramolecular Hbond substituents is 1. The van der Waals surface area contributed by atoms with Gasteiger partial charge in [0, 0.05) is 6.07 Å². The van der Waals surface area contributed by atoms with E-state index >= 15 is 0 Å². The standard InChI is InChI=1S/C15H11NO2/c17-13-6-3-5-12(10-13)15-14-7-2-1-4-11(14)8-9-16(15)18/h1-10,17H. The van der Waals surface area contributed by atoms with Crippen molar-refractivity contribution in [3.05, 3.63) is 66.0 Å². The highest BCUT2D eigenvalue weighted by Gasteiger charge is 2.13. The van der Waals surface area contributed by atoms with Gasteiger partial charge in [-0.2, -0.15) is 4.73 Å². The van der Waals surface area contributed by atoms with Crippen molar-refractivity contribution in [2.75, 3.05) is 0 Å². The summed E-state index contributed by atoms with van der Waals surface area (Å²) in [6, 6.07) is 16.2. The molecule has 3 nitrogen and oxygen atoms in total. The molecule has 1 heterocycles. The van der Waals surface area contributed by atoms with Crippen LogP contribution in [0.25, 0.3) is 22.0 Å². The molecular weight excluding hydrogens is 226 g/mol. The molecule has 0 atom stereocenters. The predicted octanol–water partition coefficient (Wildman–Crippen LogP) is 2.85. The second-order valence-corrected chi connectivity index (χ2v) is 4.13. The van der Waals surface area contributed by atoms with Gasteiger partial charge < -0.3 is 10.3 Å². The van der Waals surface area contributed by atoms with Crippen LogP contribution in [0.3, 0.4) is 0 Å². The highest BCUT2D eigenvalue weighted by Crippen LogP contribution is 2.27. The van der Waals surface area contributed by atoms with Gasteiger partial charge in [-0.1, -0.05) is 24.3 Å². The lowest BCUT2D eigenvalue weighted by molar-refractivity contribution is -0.592. The minimum Gasteiger partial charge on any atom is -0.618 e. The SMILES string of the molecule is [O-][n+]1ccc2ccccc2c1-c1cccc(O)c1. The average Bonchev–Trinajstić information content (AvgIpc) is 2.38. The van der Waals surface area contributed by atoms with Crippen LogP contribution >= 0.6 is 0 Å². The molecule has 0 aliphatic heterocycles. The van der Waals surface area contributed by atoms with Gasteiger partial charge in [-0.3, -0.25) is 0 Å². The number of rotatable bonds is 1. The van der Waals surface area contributed by atoms with Crippen molar-refractivity contribution in [3.8, 4) is 17.0 Å². The number of hydrogen-bond acceptors (Lipinski definition) is 2. The largest absolute Gasteiger partial charge is 0.618 e. The normalized spacial score (nSPS) is 10.7. The van der Waals surface area contributed by atoms with Gasteiger partial charge >= 0.3 is 0 Å². The number of aromatic hydroxyl groups is 1. The first kappa shape index (κ1) is 10.6. The van der Waals surface area contributed by atoms with Crippen LogP contribution in [0.5, 0.6) is 5.75 Å². The molecule has 2 aromatic carbocycles. The zero-order valence-electron chi connectivity index (χ0n) is 9.58. The maximum absolute atomic E-state index is 12.0. The molecule has 3 rings (SSSR count). The molecule has 3 heteroatoms. The summed E-state index contributed by atoms with van der Waals surface area (Å²) >= 11 is 0. The second-order valence-electron chi connectivity index (χ2n) is 4.13. The smallest absolute Gasteiger partial charge is 0.231 e. The van der Waals surface area contributed by atoms with Gasteiger partial charge in [0.05, 0.1) is 10.9 Å². The lowest BCUT2D eigenvalue weighted by Gasteiger charge is -2.08.